The third-order valence-electron chi connectivity index (χ3n) is 1.20. The minimum absolute atomic E-state index is 0.0525. The standard InChI is InChI=1S/C8H19NO2/c1-7(2,3)11-6-8(4,9)5-10/h10H,5-6,9H2,1-4H3. The zero-order valence-corrected chi connectivity index (χ0v) is 7.85. The summed E-state index contributed by atoms with van der Waals surface area (Å²) in [5, 5.41) is 8.79. The summed E-state index contributed by atoms with van der Waals surface area (Å²) in [5.74, 6) is 0. The second kappa shape index (κ2) is 3.52. The average molecular weight is 161 g/mol. The first-order chi connectivity index (χ1) is 4.77. The van der Waals surface area contributed by atoms with E-state index in [2.05, 4.69) is 0 Å². The molecule has 0 radical (unpaired) electrons. The molecule has 0 aliphatic carbocycles. The molecule has 0 fully saturated rings. The third-order valence-corrected chi connectivity index (χ3v) is 1.20. The van der Waals surface area contributed by atoms with Gasteiger partial charge in [-0.25, -0.2) is 0 Å². The van der Waals surface area contributed by atoms with E-state index in [0.29, 0.717) is 6.61 Å². The maximum Gasteiger partial charge on any atom is 0.0673 e. The first kappa shape index (κ1) is 10.9. The number of aliphatic hydroxyl groups excluding tert-OH is 1. The minimum Gasteiger partial charge on any atom is -0.394 e. The zero-order valence-electron chi connectivity index (χ0n) is 7.85. The van der Waals surface area contributed by atoms with Crippen molar-refractivity contribution in [2.75, 3.05) is 13.2 Å². The van der Waals surface area contributed by atoms with Gasteiger partial charge < -0.3 is 15.6 Å². The number of hydrogen-bond donors (Lipinski definition) is 2. The summed E-state index contributed by atoms with van der Waals surface area (Å²) in [6.45, 7) is 7.97. The maximum atomic E-state index is 8.79. The van der Waals surface area contributed by atoms with Crippen LogP contribution < -0.4 is 5.73 Å². The van der Waals surface area contributed by atoms with Gasteiger partial charge in [0.1, 0.15) is 0 Å². The predicted octanol–water partition coefficient (Wildman–Crippen LogP) is 0.511. The summed E-state index contributed by atoms with van der Waals surface area (Å²) in [7, 11) is 0. The van der Waals surface area contributed by atoms with Gasteiger partial charge in [-0.05, 0) is 27.7 Å². The Labute approximate surface area is 68.5 Å². The number of ether oxygens (including phenoxy) is 1. The highest BCUT2D eigenvalue weighted by atomic mass is 16.5. The second-order valence-corrected chi connectivity index (χ2v) is 4.21. The van der Waals surface area contributed by atoms with Crippen molar-refractivity contribution in [3.05, 3.63) is 0 Å². The number of hydrogen-bond acceptors (Lipinski definition) is 3. The largest absolute Gasteiger partial charge is 0.394 e. The average Bonchev–Trinajstić information content (AvgIpc) is 1.83. The van der Waals surface area contributed by atoms with E-state index in [0.717, 1.165) is 0 Å². The van der Waals surface area contributed by atoms with Gasteiger partial charge in [-0.2, -0.15) is 0 Å². The van der Waals surface area contributed by atoms with Crippen molar-refractivity contribution in [1.82, 2.24) is 0 Å². The third kappa shape index (κ3) is 6.28. The zero-order chi connectivity index (χ0) is 9.12. The summed E-state index contributed by atoms with van der Waals surface area (Å²) in [6, 6.07) is 0. The van der Waals surface area contributed by atoms with Crippen molar-refractivity contribution in [3.63, 3.8) is 0 Å². The Morgan fingerprint density at radius 1 is 1.27 bits per heavy atom. The lowest BCUT2D eigenvalue weighted by Crippen LogP contribution is -2.46. The number of aliphatic hydroxyl groups is 1. The van der Waals surface area contributed by atoms with E-state index >= 15 is 0 Å². The highest BCUT2D eigenvalue weighted by Crippen LogP contribution is 2.09. The molecule has 1 unspecified atom stereocenters. The Bertz CT molecular complexity index is 116. The Hall–Kier alpha value is -0.120. The van der Waals surface area contributed by atoms with E-state index in [4.69, 9.17) is 15.6 Å². The second-order valence-electron chi connectivity index (χ2n) is 4.21. The monoisotopic (exact) mass is 161 g/mol. The van der Waals surface area contributed by atoms with Gasteiger partial charge in [-0.1, -0.05) is 0 Å². The van der Waals surface area contributed by atoms with Crippen molar-refractivity contribution in [1.29, 1.82) is 0 Å². The number of nitrogens with two attached hydrogens (primary N) is 1. The molecule has 0 aliphatic heterocycles. The van der Waals surface area contributed by atoms with Crippen LogP contribution in [-0.4, -0.2) is 29.5 Å². The summed E-state index contributed by atoms with van der Waals surface area (Å²) >= 11 is 0. The van der Waals surface area contributed by atoms with Gasteiger partial charge in [-0.15, -0.1) is 0 Å². The quantitative estimate of drug-likeness (QED) is 0.634. The fourth-order valence-corrected chi connectivity index (χ4v) is 0.427. The SMILES string of the molecule is CC(N)(CO)COC(C)(C)C. The fourth-order valence-electron chi connectivity index (χ4n) is 0.427. The van der Waals surface area contributed by atoms with Crippen molar-refractivity contribution in [3.8, 4) is 0 Å². The molecule has 0 saturated carbocycles. The van der Waals surface area contributed by atoms with Crippen molar-refractivity contribution in [2.24, 2.45) is 5.73 Å². The highest BCUT2D eigenvalue weighted by Gasteiger charge is 2.21. The van der Waals surface area contributed by atoms with E-state index in [-0.39, 0.29) is 12.2 Å². The van der Waals surface area contributed by atoms with Crippen LogP contribution in [0.5, 0.6) is 0 Å². The minimum atomic E-state index is -0.618. The lowest BCUT2D eigenvalue weighted by atomic mass is 10.1. The molecule has 0 rings (SSSR count). The van der Waals surface area contributed by atoms with Gasteiger partial charge in [0, 0.05) is 0 Å². The Morgan fingerprint density at radius 3 is 2.00 bits per heavy atom. The molecule has 0 aliphatic rings. The molecule has 0 spiro atoms. The molecule has 3 heteroatoms. The van der Waals surface area contributed by atoms with E-state index in [1.807, 2.05) is 20.8 Å². The highest BCUT2D eigenvalue weighted by molar-refractivity contribution is 4.78. The van der Waals surface area contributed by atoms with Gasteiger partial charge >= 0.3 is 0 Å². The summed E-state index contributed by atoms with van der Waals surface area (Å²) in [5.41, 5.74) is 4.85. The summed E-state index contributed by atoms with van der Waals surface area (Å²) in [4.78, 5) is 0. The van der Waals surface area contributed by atoms with Gasteiger partial charge in [-0.3, -0.25) is 0 Å². The van der Waals surface area contributed by atoms with Gasteiger partial charge in [0.25, 0.3) is 0 Å². The predicted molar refractivity (Wildman–Crippen MR) is 45.4 cm³/mol. The van der Waals surface area contributed by atoms with Crippen molar-refractivity contribution < 1.29 is 9.84 Å². The molecule has 1 atom stereocenters. The molecule has 0 bridgehead atoms. The molecule has 3 nitrogen and oxygen atoms in total. The molecular formula is C8H19NO2. The normalized spacial score (nSPS) is 18.0. The topological polar surface area (TPSA) is 55.5 Å². The van der Waals surface area contributed by atoms with E-state index in [1.54, 1.807) is 6.92 Å². The Balaban J connectivity index is 3.70. The molecule has 11 heavy (non-hydrogen) atoms. The molecule has 0 amide bonds. The molecule has 3 N–H and O–H groups in total. The van der Waals surface area contributed by atoms with Crippen LogP contribution in [0.4, 0.5) is 0 Å². The van der Waals surface area contributed by atoms with Crippen LogP contribution in [-0.2, 0) is 4.74 Å². The maximum absolute atomic E-state index is 8.79. The molecule has 0 saturated heterocycles. The molecule has 0 aromatic heterocycles. The number of rotatable bonds is 3. The summed E-state index contributed by atoms with van der Waals surface area (Å²) < 4.78 is 5.40. The first-order valence-corrected chi connectivity index (χ1v) is 3.80. The van der Waals surface area contributed by atoms with Gasteiger partial charge in [0.2, 0.25) is 0 Å². The van der Waals surface area contributed by atoms with Gasteiger partial charge in [0.15, 0.2) is 0 Å². The Morgan fingerprint density at radius 2 is 1.73 bits per heavy atom. The van der Waals surface area contributed by atoms with Crippen molar-refractivity contribution >= 4 is 0 Å². The molecule has 0 aromatic carbocycles. The molecular weight excluding hydrogens is 142 g/mol. The van der Waals surface area contributed by atoms with Crippen LogP contribution in [0.25, 0.3) is 0 Å². The van der Waals surface area contributed by atoms with E-state index < -0.39 is 5.54 Å². The lowest BCUT2D eigenvalue weighted by Gasteiger charge is -2.27. The van der Waals surface area contributed by atoms with E-state index in [1.165, 1.54) is 0 Å². The molecule has 68 valence electrons. The smallest absolute Gasteiger partial charge is 0.0673 e. The fraction of sp³-hybridized carbons (Fsp3) is 1.00. The lowest BCUT2D eigenvalue weighted by molar-refractivity contribution is -0.0356. The van der Waals surface area contributed by atoms with Crippen LogP contribution in [0.1, 0.15) is 27.7 Å². The first-order valence-electron chi connectivity index (χ1n) is 3.80. The molecule has 0 aromatic rings. The van der Waals surface area contributed by atoms with E-state index in [9.17, 15) is 0 Å². The van der Waals surface area contributed by atoms with Crippen LogP contribution >= 0.6 is 0 Å². The van der Waals surface area contributed by atoms with Gasteiger partial charge in [0.05, 0.1) is 24.4 Å². The molecule has 0 heterocycles. The van der Waals surface area contributed by atoms with Crippen molar-refractivity contribution in [2.45, 2.75) is 38.8 Å². The van der Waals surface area contributed by atoms with Crippen LogP contribution in [0.15, 0.2) is 0 Å². The van der Waals surface area contributed by atoms with Crippen LogP contribution in [0.3, 0.4) is 0 Å². The van der Waals surface area contributed by atoms with Crippen LogP contribution in [0, 0.1) is 0 Å². The van der Waals surface area contributed by atoms with Crippen LogP contribution in [0.2, 0.25) is 0 Å². The Kier molecular flexibility index (Phi) is 3.48. The summed E-state index contributed by atoms with van der Waals surface area (Å²) in [6.07, 6.45) is 0.